The number of hydrogen-bond donors (Lipinski definition) is 1. The summed E-state index contributed by atoms with van der Waals surface area (Å²) in [5.41, 5.74) is 1.46. The number of morpholine rings is 1. The number of rotatable bonds is 8. The Kier molecular flexibility index (Phi) is 7.11. The summed E-state index contributed by atoms with van der Waals surface area (Å²) >= 11 is 0. The first-order valence-electron chi connectivity index (χ1n) is 12.0. The van der Waals surface area contributed by atoms with Crippen LogP contribution in [0.15, 0.2) is 76.0 Å². The molecule has 1 aromatic heterocycles. The van der Waals surface area contributed by atoms with Gasteiger partial charge in [-0.15, -0.1) is 0 Å². The van der Waals surface area contributed by atoms with Gasteiger partial charge >= 0.3 is 0 Å². The third kappa shape index (κ3) is 4.98. The maximum Gasteiger partial charge on any atom is 0.243 e. The van der Waals surface area contributed by atoms with Crippen LogP contribution in [-0.2, 0) is 14.8 Å². The Hall–Kier alpha value is -3.86. The first kappa shape index (κ1) is 25.8. The van der Waals surface area contributed by atoms with Crippen LogP contribution in [0.1, 0.15) is 32.0 Å². The molecule has 0 spiro atoms. The molecule has 4 aromatic rings. The maximum atomic E-state index is 14.1. The Morgan fingerprint density at radius 2 is 1.74 bits per heavy atom. The Balaban J connectivity index is 1.41. The number of benzene rings is 3. The molecule has 3 aromatic carbocycles. The molecule has 5 rings (SSSR count). The SMILES string of the molecule is Cc1ccc(C(=O)c2oc3ccccc3c2NCC(=O)c2cccc(S(=O)(=O)N3CCOCC3)c2)cc1F. The summed E-state index contributed by atoms with van der Waals surface area (Å²) in [5, 5.41) is 3.58. The van der Waals surface area contributed by atoms with Crippen molar-refractivity contribution in [2.24, 2.45) is 0 Å². The monoisotopic (exact) mass is 536 g/mol. The summed E-state index contributed by atoms with van der Waals surface area (Å²) in [5.74, 6) is -1.47. The summed E-state index contributed by atoms with van der Waals surface area (Å²) in [7, 11) is -3.77. The number of aryl methyl sites for hydroxylation is 1. The molecule has 0 amide bonds. The van der Waals surface area contributed by atoms with E-state index in [2.05, 4.69) is 5.32 Å². The molecular weight excluding hydrogens is 511 g/mol. The number of carbonyl (C=O) groups excluding carboxylic acids is 2. The maximum absolute atomic E-state index is 14.1. The second-order valence-corrected chi connectivity index (χ2v) is 10.9. The summed E-state index contributed by atoms with van der Waals surface area (Å²) in [4.78, 5) is 26.4. The van der Waals surface area contributed by atoms with Gasteiger partial charge in [0.15, 0.2) is 11.5 Å². The van der Waals surface area contributed by atoms with E-state index in [9.17, 15) is 22.4 Å². The van der Waals surface area contributed by atoms with Gasteiger partial charge < -0.3 is 14.5 Å². The smallest absolute Gasteiger partial charge is 0.243 e. The number of ether oxygens (including phenoxy) is 1. The molecule has 1 aliphatic rings. The molecular formula is C28H25FN2O6S. The van der Waals surface area contributed by atoms with Crippen LogP contribution in [0.5, 0.6) is 0 Å². The minimum absolute atomic E-state index is 0.0243. The van der Waals surface area contributed by atoms with E-state index in [1.807, 2.05) is 0 Å². The summed E-state index contributed by atoms with van der Waals surface area (Å²) < 4.78 is 52.6. The Bertz CT molecular complexity index is 1640. The minimum atomic E-state index is -3.77. The number of nitrogens with one attached hydrogen (secondary N) is 1. The molecule has 0 bridgehead atoms. The third-order valence-electron chi connectivity index (χ3n) is 6.43. The van der Waals surface area contributed by atoms with Crippen LogP contribution >= 0.6 is 0 Å². The summed E-state index contributed by atoms with van der Waals surface area (Å²) in [6.07, 6.45) is 0. The molecule has 0 unspecified atom stereocenters. The molecule has 196 valence electrons. The number of hydrogen-bond acceptors (Lipinski definition) is 7. The number of para-hydroxylation sites is 1. The van der Waals surface area contributed by atoms with Gasteiger partial charge in [-0.25, -0.2) is 12.8 Å². The van der Waals surface area contributed by atoms with Gasteiger partial charge in [-0.05, 0) is 42.8 Å². The number of anilines is 1. The number of ketones is 2. The minimum Gasteiger partial charge on any atom is -0.450 e. The highest BCUT2D eigenvalue weighted by Gasteiger charge is 2.27. The Labute approximate surface area is 219 Å². The molecule has 0 radical (unpaired) electrons. The van der Waals surface area contributed by atoms with Crippen molar-refractivity contribution >= 4 is 38.2 Å². The Morgan fingerprint density at radius 3 is 2.50 bits per heavy atom. The first-order valence-corrected chi connectivity index (χ1v) is 13.5. The van der Waals surface area contributed by atoms with Gasteiger partial charge in [0.25, 0.3) is 0 Å². The van der Waals surface area contributed by atoms with Crippen molar-refractivity contribution in [3.05, 3.63) is 95.0 Å². The lowest BCUT2D eigenvalue weighted by Gasteiger charge is -2.26. The summed E-state index contributed by atoms with van der Waals surface area (Å²) in [6.45, 7) is 2.50. The number of nitrogens with zero attached hydrogens (tertiary/aromatic N) is 1. The highest BCUT2D eigenvalue weighted by atomic mass is 32.2. The Morgan fingerprint density at radius 1 is 0.974 bits per heavy atom. The van der Waals surface area contributed by atoms with Gasteiger partial charge in [0.1, 0.15) is 11.4 Å². The predicted molar refractivity (Wildman–Crippen MR) is 140 cm³/mol. The second kappa shape index (κ2) is 10.5. The molecule has 2 heterocycles. The van der Waals surface area contributed by atoms with E-state index in [0.717, 1.165) is 6.07 Å². The fourth-order valence-electron chi connectivity index (χ4n) is 4.28. The average Bonchev–Trinajstić information content (AvgIpc) is 3.32. The molecule has 1 N–H and O–H groups in total. The van der Waals surface area contributed by atoms with Gasteiger partial charge in [-0.1, -0.05) is 36.4 Å². The van der Waals surface area contributed by atoms with E-state index in [1.165, 1.54) is 40.7 Å². The highest BCUT2D eigenvalue weighted by molar-refractivity contribution is 7.89. The fourth-order valence-corrected chi connectivity index (χ4v) is 5.74. The lowest BCUT2D eigenvalue weighted by molar-refractivity contribution is 0.0730. The summed E-state index contributed by atoms with van der Waals surface area (Å²) in [6, 6.07) is 17.0. The topological polar surface area (TPSA) is 106 Å². The van der Waals surface area contributed by atoms with Crippen molar-refractivity contribution < 1.29 is 31.6 Å². The molecule has 8 nitrogen and oxygen atoms in total. The predicted octanol–water partition coefficient (Wildman–Crippen LogP) is 4.43. The fraction of sp³-hybridized carbons (Fsp3) is 0.214. The number of furan rings is 1. The van der Waals surface area contributed by atoms with Crippen molar-refractivity contribution in [2.45, 2.75) is 11.8 Å². The van der Waals surface area contributed by atoms with E-state index >= 15 is 0 Å². The normalized spacial score (nSPS) is 14.5. The second-order valence-electron chi connectivity index (χ2n) is 8.92. The van der Waals surface area contributed by atoms with Crippen LogP contribution in [0.3, 0.4) is 0 Å². The zero-order valence-corrected chi connectivity index (χ0v) is 21.4. The van der Waals surface area contributed by atoms with Crippen molar-refractivity contribution in [2.75, 3.05) is 38.2 Å². The molecule has 38 heavy (non-hydrogen) atoms. The molecule has 1 aliphatic heterocycles. The largest absolute Gasteiger partial charge is 0.450 e. The number of carbonyl (C=O) groups is 2. The van der Waals surface area contributed by atoms with E-state index in [-0.39, 0.29) is 47.2 Å². The lowest BCUT2D eigenvalue weighted by atomic mass is 10.0. The van der Waals surface area contributed by atoms with Crippen LogP contribution in [0.25, 0.3) is 11.0 Å². The van der Waals surface area contributed by atoms with E-state index in [0.29, 0.717) is 35.4 Å². The zero-order valence-electron chi connectivity index (χ0n) is 20.6. The number of fused-ring (bicyclic) bond motifs is 1. The average molecular weight is 537 g/mol. The quantitative estimate of drug-likeness (QED) is 0.332. The lowest BCUT2D eigenvalue weighted by Crippen LogP contribution is -2.40. The van der Waals surface area contributed by atoms with Crippen LogP contribution in [-0.4, -0.2) is 57.1 Å². The van der Waals surface area contributed by atoms with Crippen molar-refractivity contribution in [1.82, 2.24) is 4.31 Å². The van der Waals surface area contributed by atoms with Gasteiger partial charge in [0.05, 0.1) is 30.3 Å². The van der Waals surface area contributed by atoms with E-state index < -0.39 is 21.6 Å². The number of Topliss-reactive ketones (excluding diaryl/α,β-unsaturated/α-hetero) is 1. The zero-order chi connectivity index (χ0) is 26.9. The van der Waals surface area contributed by atoms with Crippen LogP contribution < -0.4 is 5.32 Å². The standard InChI is InChI=1S/C28H25FN2O6S/c1-18-9-10-20(16-23(18)29)27(33)28-26(22-7-2-3-8-25(22)37-28)30-17-24(32)19-5-4-6-21(15-19)38(34,35)31-11-13-36-14-12-31/h2-10,15-16,30H,11-14,17H2,1H3. The highest BCUT2D eigenvalue weighted by Crippen LogP contribution is 2.33. The molecule has 10 heteroatoms. The third-order valence-corrected chi connectivity index (χ3v) is 8.32. The molecule has 1 fully saturated rings. The van der Waals surface area contributed by atoms with Crippen molar-refractivity contribution in [3.8, 4) is 0 Å². The van der Waals surface area contributed by atoms with Crippen molar-refractivity contribution in [3.63, 3.8) is 0 Å². The molecule has 1 saturated heterocycles. The van der Waals surface area contributed by atoms with E-state index in [4.69, 9.17) is 9.15 Å². The van der Waals surface area contributed by atoms with Gasteiger partial charge in [0.2, 0.25) is 15.8 Å². The van der Waals surface area contributed by atoms with Crippen LogP contribution in [0.4, 0.5) is 10.1 Å². The first-order chi connectivity index (χ1) is 18.3. The van der Waals surface area contributed by atoms with Crippen LogP contribution in [0.2, 0.25) is 0 Å². The van der Waals surface area contributed by atoms with Gasteiger partial charge in [-0.3, -0.25) is 9.59 Å². The number of sulfonamides is 1. The molecule has 0 saturated carbocycles. The molecule has 0 aliphatic carbocycles. The van der Waals surface area contributed by atoms with Crippen molar-refractivity contribution in [1.29, 1.82) is 0 Å². The van der Waals surface area contributed by atoms with Gasteiger partial charge in [-0.2, -0.15) is 4.31 Å². The number of halogens is 1. The molecule has 0 atom stereocenters. The van der Waals surface area contributed by atoms with Gasteiger partial charge in [0, 0.05) is 29.6 Å². The van der Waals surface area contributed by atoms with E-state index in [1.54, 1.807) is 31.2 Å². The van der Waals surface area contributed by atoms with Crippen LogP contribution in [0, 0.1) is 12.7 Å².